The molecule has 3 aromatic heterocycles. The summed E-state index contributed by atoms with van der Waals surface area (Å²) in [6, 6.07) is 10.4. The van der Waals surface area contributed by atoms with Crippen molar-refractivity contribution in [3.05, 3.63) is 71.2 Å². The number of halogens is 4. The van der Waals surface area contributed by atoms with Gasteiger partial charge in [0.05, 0.1) is 36.0 Å². The van der Waals surface area contributed by atoms with Gasteiger partial charge in [0.15, 0.2) is 5.82 Å². The molecule has 10 nitrogen and oxygen atoms in total. The Morgan fingerprint density at radius 1 is 1.25 bits per heavy atom. The molecule has 1 fully saturated rings. The summed E-state index contributed by atoms with van der Waals surface area (Å²) in [6.45, 7) is 0.541. The second-order valence-corrected chi connectivity index (χ2v) is 9.19. The fraction of sp³-hybridized carbons (Fsp3) is 0.269. The molecule has 3 N–H and O–H groups in total. The molecular weight excluding hydrogens is 532 g/mol. The largest absolute Gasteiger partial charge is 0.480 e. The standard InChI is InChI=1S/C26H22F4N8O2/c1-40-25-17(24(39)36-20-12-37(11-19(20)27)10-15-5-3-2-4-14(15)8-31)6-16(9-33-25)21-7-18(26(28,29)30)22-23(32)34-13-35-38(21)22/h2-7,9,13,19-20H,10-12H2,1H3,(H,36,39)(H2,32,34,35). The van der Waals surface area contributed by atoms with Gasteiger partial charge >= 0.3 is 6.18 Å². The number of aromatic nitrogens is 4. The molecule has 206 valence electrons. The summed E-state index contributed by atoms with van der Waals surface area (Å²) in [6.07, 6.45) is -3.90. The van der Waals surface area contributed by atoms with Crippen molar-refractivity contribution >= 4 is 17.2 Å². The lowest BCUT2D eigenvalue weighted by Crippen LogP contribution is -2.41. The zero-order valence-electron chi connectivity index (χ0n) is 21.0. The van der Waals surface area contributed by atoms with Gasteiger partial charge in [-0.3, -0.25) is 9.69 Å². The summed E-state index contributed by atoms with van der Waals surface area (Å²) in [7, 11) is 1.28. The van der Waals surface area contributed by atoms with Crippen molar-refractivity contribution in [1.29, 1.82) is 5.26 Å². The van der Waals surface area contributed by atoms with Crippen molar-refractivity contribution in [2.24, 2.45) is 0 Å². The third kappa shape index (κ3) is 4.98. The maximum Gasteiger partial charge on any atom is 0.418 e. The number of nitrogens with zero attached hydrogens (tertiary/aromatic N) is 6. The number of hydrogen-bond acceptors (Lipinski definition) is 8. The Morgan fingerprint density at radius 3 is 2.75 bits per heavy atom. The number of likely N-dealkylation sites (tertiary alicyclic amines) is 1. The number of rotatable bonds is 6. The summed E-state index contributed by atoms with van der Waals surface area (Å²) in [5.74, 6) is -1.19. The molecule has 4 aromatic rings. The van der Waals surface area contributed by atoms with Gasteiger partial charge in [-0.1, -0.05) is 18.2 Å². The predicted molar refractivity (Wildman–Crippen MR) is 135 cm³/mol. The van der Waals surface area contributed by atoms with E-state index in [2.05, 4.69) is 26.5 Å². The van der Waals surface area contributed by atoms with E-state index in [0.29, 0.717) is 12.1 Å². The van der Waals surface area contributed by atoms with Crippen molar-refractivity contribution in [3.63, 3.8) is 0 Å². The molecular formula is C26H22F4N8O2. The molecule has 0 saturated carbocycles. The monoisotopic (exact) mass is 554 g/mol. The summed E-state index contributed by atoms with van der Waals surface area (Å²) < 4.78 is 62.4. The number of methoxy groups -OCH3 is 1. The zero-order valence-corrected chi connectivity index (χ0v) is 21.0. The van der Waals surface area contributed by atoms with Gasteiger partial charge < -0.3 is 15.8 Å². The number of hydrogen-bond donors (Lipinski definition) is 2. The summed E-state index contributed by atoms with van der Waals surface area (Å²) in [5, 5.41) is 15.9. The minimum Gasteiger partial charge on any atom is -0.480 e. The first-order valence-corrected chi connectivity index (χ1v) is 12.0. The summed E-state index contributed by atoms with van der Waals surface area (Å²) in [5.41, 5.74) is 5.44. The van der Waals surface area contributed by atoms with Crippen molar-refractivity contribution in [2.75, 3.05) is 25.9 Å². The molecule has 14 heteroatoms. The molecule has 0 bridgehead atoms. The molecule has 1 aliphatic rings. The lowest BCUT2D eigenvalue weighted by Gasteiger charge is -2.18. The molecule has 2 atom stereocenters. The molecule has 0 aliphatic carbocycles. The van der Waals surface area contributed by atoms with Gasteiger partial charge in [0, 0.05) is 31.4 Å². The number of nitrogens with two attached hydrogens (primary N) is 1. The molecule has 1 amide bonds. The van der Waals surface area contributed by atoms with Crippen LogP contribution < -0.4 is 15.8 Å². The highest BCUT2D eigenvalue weighted by atomic mass is 19.4. The van der Waals surface area contributed by atoms with E-state index in [1.165, 1.54) is 19.4 Å². The smallest absolute Gasteiger partial charge is 0.418 e. The molecule has 0 spiro atoms. The lowest BCUT2D eigenvalue weighted by molar-refractivity contribution is -0.136. The highest BCUT2D eigenvalue weighted by Gasteiger charge is 2.37. The second kappa shape index (κ2) is 10.4. The van der Waals surface area contributed by atoms with E-state index in [1.807, 2.05) is 0 Å². The van der Waals surface area contributed by atoms with Gasteiger partial charge in [-0.05, 0) is 23.8 Å². The second-order valence-electron chi connectivity index (χ2n) is 9.19. The van der Waals surface area contributed by atoms with Crippen LogP contribution in [0, 0.1) is 11.3 Å². The SMILES string of the molecule is COc1ncc(-c2cc(C(F)(F)F)c3c(N)ncnn23)cc1C(=O)NC1CN(Cc2ccccc2C#N)CC1F. The van der Waals surface area contributed by atoms with Crippen LogP contribution in [-0.2, 0) is 12.7 Å². The van der Waals surface area contributed by atoms with Gasteiger partial charge in [-0.15, -0.1) is 0 Å². The highest BCUT2D eigenvalue weighted by Crippen LogP contribution is 2.39. The first kappa shape index (κ1) is 26.8. The Kier molecular flexibility index (Phi) is 6.99. The highest BCUT2D eigenvalue weighted by molar-refractivity contribution is 5.98. The Morgan fingerprint density at radius 2 is 2.02 bits per heavy atom. The average molecular weight is 555 g/mol. The van der Waals surface area contributed by atoms with Gasteiger partial charge in [0.25, 0.3) is 5.91 Å². The Labute approximate surface area is 225 Å². The number of amides is 1. The van der Waals surface area contributed by atoms with Crippen molar-refractivity contribution in [1.82, 2.24) is 29.8 Å². The van der Waals surface area contributed by atoms with Crippen LogP contribution in [0.1, 0.15) is 27.0 Å². The van der Waals surface area contributed by atoms with Crippen LogP contribution in [0.3, 0.4) is 0 Å². The third-order valence-electron chi connectivity index (χ3n) is 6.65. The molecule has 1 aromatic carbocycles. The van der Waals surface area contributed by atoms with E-state index < -0.39 is 35.4 Å². The first-order chi connectivity index (χ1) is 19.1. The van der Waals surface area contributed by atoms with Crippen LogP contribution in [-0.4, -0.2) is 62.8 Å². The van der Waals surface area contributed by atoms with E-state index in [0.717, 1.165) is 22.5 Å². The molecule has 1 aliphatic heterocycles. The molecule has 4 heterocycles. The van der Waals surface area contributed by atoms with Crippen molar-refractivity contribution in [3.8, 4) is 23.2 Å². The van der Waals surface area contributed by atoms with Crippen LogP contribution in [0.15, 0.2) is 48.9 Å². The zero-order chi connectivity index (χ0) is 28.6. The van der Waals surface area contributed by atoms with E-state index in [9.17, 15) is 27.6 Å². The normalized spacial score (nSPS) is 17.6. The predicted octanol–water partition coefficient (Wildman–Crippen LogP) is 3.22. The number of nitrogens with one attached hydrogen (secondary N) is 1. The topological polar surface area (TPSA) is 134 Å². The van der Waals surface area contributed by atoms with Crippen LogP contribution in [0.4, 0.5) is 23.4 Å². The minimum atomic E-state index is -4.75. The van der Waals surface area contributed by atoms with E-state index in [1.54, 1.807) is 29.2 Å². The third-order valence-corrected chi connectivity index (χ3v) is 6.65. The van der Waals surface area contributed by atoms with Gasteiger partial charge in [0.2, 0.25) is 5.88 Å². The first-order valence-electron chi connectivity index (χ1n) is 12.0. The number of anilines is 1. The average Bonchev–Trinajstić information content (AvgIpc) is 3.49. The maximum atomic E-state index is 14.9. The van der Waals surface area contributed by atoms with E-state index >= 15 is 0 Å². The van der Waals surface area contributed by atoms with Gasteiger partial charge in [0.1, 0.15) is 23.6 Å². The molecule has 40 heavy (non-hydrogen) atoms. The Balaban J connectivity index is 1.42. The number of alkyl halides is 4. The maximum absolute atomic E-state index is 14.9. The number of nitriles is 1. The Bertz CT molecular complexity index is 1630. The molecule has 2 unspecified atom stereocenters. The number of fused-ring (bicyclic) bond motifs is 1. The number of nitrogen functional groups attached to an aromatic ring is 1. The fourth-order valence-electron chi connectivity index (χ4n) is 4.77. The van der Waals surface area contributed by atoms with Gasteiger partial charge in [-0.2, -0.15) is 23.5 Å². The number of benzene rings is 1. The fourth-order valence-corrected chi connectivity index (χ4v) is 4.77. The quantitative estimate of drug-likeness (QED) is 0.347. The molecule has 0 radical (unpaired) electrons. The Hall–Kier alpha value is -4.77. The lowest BCUT2D eigenvalue weighted by atomic mass is 10.1. The van der Waals surface area contributed by atoms with Crippen molar-refractivity contribution in [2.45, 2.75) is 24.9 Å². The van der Waals surface area contributed by atoms with Gasteiger partial charge in [-0.25, -0.2) is 18.9 Å². The van der Waals surface area contributed by atoms with E-state index in [-0.39, 0.29) is 41.6 Å². The summed E-state index contributed by atoms with van der Waals surface area (Å²) in [4.78, 5) is 22.8. The summed E-state index contributed by atoms with van der Waals surface area (Å²) >= 11 is 0. The van der Waals surface area contributed by atoms with Crippen molar-refractivity contribution < 1.29 is 27.1 Å². The number of carbonyl (C=O) groups excluding carboxylic acids is 1. The van der Waals surface area contributed by atoms with Crippen LogP contribution in [0.25, 0.3) is 16.8 Å². The van der Waals surface area contributed by atoms with E-state index in [4.69, 9.17) is 10.5 Å². The van der Waals surface area contributed by atoms with Crippen LogP contribution in [0.5, 0.6) is 5.88 Å². The van der Waals surface area contributed by atoms with Crippen LogP contribution in [0.2, 0.25) is 0 Å². The van der Waals surface area contributed by atoms with Crippen LogP contribution >= 0.6 is 0 Å². The number of pyridine rings is 1. The number of carbonyl (C=O) groups is 1. The number of ether oxygens (including phenoxy) is 1. The molecule has 5 rings (SSSR count). The minimum absolute atomic E-state index is 0.0350. The molecule has 1 saturated heterocycles.